The van der Waals surface area contributed by atoms with Crippen LogP contribution in [0.3, 0.4) is 0 Å². The lowest BCUT2D eigenvalue weighted by molar-refractivity contribution is 0.411. The van der Waals surface area contributed by atoms with Crippen LogP contribution in [-0.4, -0.2) is 7.11 Å². The van der Waals surface area contributed by atoms with Crippen LogP contribution < -0.4 is 4.74 Å². The van der Waals surface area contributed by atoms with Crippen LogP contribution in [0.1, 0.15) is 16.7 Å². The minimum atomic E-state index is 0.927. The zero-order chi connectivity index (χ0) is 9.84. The van der Waals surface area contributed by atoms with E-state index in [0.29, 0.717) is 0 Å². The summed E-state index contributed by atoms with van der Waals surface area (Å²) < 4.78 is 5.23. The zero-order valence-electron chi connectivity index (χ0n) is 8.55. The maximum atomic E-state index is 5.23. The molecule has 0 saturated carbocycles. The molecule has 13 heavy (non-hydrogen) atoms. The number of methoxy groups -OCH3 is 1. The molecule has 0 N–H and O–H groups in total. The summed E-state index contributed by atoms with van der Waals surface area (Å²) in [5.41, 5.74) is 3.86. The maximum absolute atomic E-state index is 5.23. The van der Waals surface area contributed by atoms with E-state index in [9.17, 15) is 0 Å². The Kier molecular flexibility index (Phi) is 3.13. The molecule has 0 amide bonds. The first-order valence-electron chi connectivity index (χ1n) is 4.44. The summed E-state index contributed by atoms with van der Waals surface area (Å²) in [6, 6.07) is 4.12. The third-order valence-electron chi connectivity index (χ3n) is 2.43. The van der Waals surface area contributed by atoms with Crippen LogP contribution in [0.15, 0.2) is 24.8 Å². The van der Waals surface area contributed by atoms with Gasteiger partial charge in [-0.15, -0.1) is 6.58 Å². The van der Waals surface area contributed by atoms with Crippen molar-refractivity contribution in [1.29, 1.82) is 0 Å². The smallest absolute Gasteiger partial charge is 0.122 e. The second-order valence-electron chi connectivity index (χ2n) is 3.17. The molecule has 0 bridgehead atoms. The van der Waals surface area contributed by atoms with Crippen molar-refractivity contribution in [2.24, 2.45) is 0 Å². The number of benzene rings is 1. The number of ether oxygens (including phenoxy) is 1. The highest BCUT2D eigenvalue weighted by molar-refractivity contribution is 5.44. The van der Waals surface area contributed by atoms with Gasteiger partial charge in [-0.1, -0.05) is 12.1 Å². The first-order chi connectivity index (χ1) is 6.20. The van der Waals surface area contributed by atoms with Crippen molar-refractivity contribution in [2.45, 2.75) is 20.3 Å². The van der Waals surface area contributed by atoms with Crippen molar-refractivity contribution in [1.82, 2.24) is 0 Å². The normalized spacial score (nSPS) is 9.77. The van der Waals surface area contributed by atoms with Gasteiger partial charge < -0.3 is 4.74 Å². The van der Waals surface area contributed by atoms with Crippen LogP contribution in [0.2, 0.25) is 0 Å². The van der Waals surface area contributed by atoms with E-state index in [1.165, 1.54) is 16.7 Å². The molecular weight excluding hydrogens is 160 g/mol. The molecule has 0 unspecified atom stereocenters. The Bertz CT molecular complexity index is 313. The van der Waals surface area contributed by atoms with Crippen molar-refractivity contribution in [3.63, 3.8) is 0 Å². The lowest BCUT2D eigenvalue weighted by Gasteiger charge is -2.10. The minimum Gasteiger partial charge on any atom is -0.496 e. The molecule has 0 saturated heterocycles. The monoisotopic (exact) mass is 176 g/mol. The Labute approximate surface area is 80.0 Å². The van der Waals surface area contributed by atoms with Gasteiger partial charge in [0.1, 0.15) is 5.75 Å². The van der Waals surface area contributed by atoms with Gasteiger partial charge in [-0.05, 0) is 43.0 Å². The lowest BCUT2D eigenvalue weighted by atomic mass is 10.0. The van der Waals surface area contributed by atoms with E-state index in [0.717, 1.165) is 12.2 Å². The largest absolute Gasteiger partial charge is 0.496 e. The third-order valence-corrected chi connectivity index (χ3v) is 2.43. The van der Waals surface area contributed by atoms with Crippen molar-refractivity contribution in [3.8, 4) is 5.75 Å². The predicted molar refractivity (Wildman–Crippen MR) is 56.4 cm³/mol. The van der Waals surface area contributed by atoms with Crippen LogP contribution in [-0.2, 0) is 6.42 Å². The molecule has 0 aliphatic carbocycles. The fourth-order valence-electron chi connectivity index (χ4n) is 1.45. The second-order valence-corrected chi connectivity index (χ2v) is 3.17. The van der Waals surface area contributed by atoms with Gasteiger partial charge in [-0.2, -0.15) is 0 Å². The first kappa shape index (κ1) is 9.85. The van der Waals surface area contributed by atoms with Crippen LogP contribution in [0.4, 0.5) is 0 Å². The van der Waals surface area contributed by atoms with Crippen LogP contribution in [0, 0.1) is 13.8 Å². The molecule has 0 aliphatic heterocycles. The van der Waals surface area contributed by atoms with Crippen LogP contribution in [0.5, 0.6) is 5.75 Å². The van der Waals surface area contributed by atoms with Gasteiger partial charge >= 0.3 is 0 Å². The summed E-state index contributed by atoms with van der Waals surface area (Å²) in [6.45, 7) is 7.94. The molecule has 0 heterocycles. The molecule has 0 atom stereocenters. The maximum Gasteiger partial charge on any atom is 0.122 e. The standard InChI is InChI=1S/C12H16O/c1-5-6-11-7-8-12(13-4)10(3)9(11)2/h5,7-8H,1,6H2,2-4H3. The fourth-order valence-corrected chi connectivity index (χ4v) is 1.45. The number of hydrogen-bond donors (Lipinski definition) is 0. The SMILES string of the molecule is C=CCc1ccc(OC)c(C)c1C. The van der Waals surface area contributed by atoms with Crippen LogP contribution >= 0.6 is 0 Å². The molecule has 1 aromatic rings. The Morgan fingerprint density at radius 3 is 2.54 bits per heavy atom. The molecule has 0 spiro atoms. The van der Waals surface area contributed by atoms with Crippen molar-refractivity contribution < 1.29 is 4.74 Å². The third kappa shape index (κ3) is 1.92. The highest BCUT2D eigenvalue weighted by Crippen LogP contribution is 2.24. The molecule has 1 rings (SSSR count). The van der Waals surface area contributed by atoms with Crippen molar-refractivity contribution >= 4 is 0 Å². The Hall–Kier alpha value is -1.24. The highest BCUT2D eigenvalue weighted by Gasteiger charge is 2.04. The summed E-state index contributed by atoms with van der Waals surface area (Å²) in [4.78, 5) is 0. The van der Waals surface area contributed by atoms with E-state index in [-0.39, 0.29) is 0 Å². The molecule has 1 aromatic carbocycles. The molecule has 1 nitrogen and oxygen atoms in total. The Balaban J connectivity index is 3.14. The highest BCUT2D eigenvalue weighted by atomic mass is 16.5. The topological polar surface area (TPSA) is 9.23 Å². The van der Waals surface area contributed by atoms with Gasteiger partial charge in [-0.25, -0.2) is 0 Å². The van der Waals surface area contributed by atoms with Crippen molar-refractivity contribution in [2.75, 3.05) is 7.11 Å². The van der Waals surface area contributed by atoms with E-state index < -0.39 is 0 Å². The summed E-state index contributed by atoms with van der Waals surface area (Å²) in [7, 11) is 1.70. The molecule has 0 radical (unpaired) electrons. The quantitative estimate of drug-likeness (QED) is 0.643. The van der Waals surface area contributed by atoms with Crippen LogP contribution in [0.25, 0.3) is 0 Å². The van der Waals surface area contributed by atoms with Gasteiger partial charge in [0.25, 0.3) is 0 Å². The number of rotatable bonds is 3. The number of hydrogen-bond acceptors (Lipinski definition) is 1. The lowest BCUT2D eigenvalue weighted by Crippen LogP contribution is -1.94. The minimum absolute atomic E-state index is 0.927. The van der Waals surface area contributed by atoms with E-state index in [4.69, 9.17) is 4.74 Å². The summed E-state index contributed by atoms with van der Waals surface area (Å²) in [5, 5.41) is 0. The summed E-state index contributed by atoms with van der Waals surface area (Å²) in [6.07, 6.45) is 2.85. The van der Waals surface area contributed by atoms with Gasteiger partial charge in [0.2, 0.25) is 0 Å². The van der Waals surface area contributed by atoms with Gasteiger partial charge in [0.05, 0.1) is 7.11 Å². The van der Waals surface area contributed by atoms with E-state index in [1.807, 2.05) is 12.1 Å². The summed E-state index contributed by atoms with van der Waals surface area (Å²) >= 11 is 0. The molecular formula is C12H16O. The fraction of sp³-hybridized carbons (Fsp3) is 0.333. The molecule has 0 aliphatic rings. The van der Waals surface area contributed by atoms with Gasteiger partial charge in [0.15, 0.2) is 0 Å². The van der Waals surface area contributed by atoms with E-state index >= 15 is 0 Å². The average Bonchev–Trinajstić information content (AvgIpc) is 2.14. The van der Waals surface area contributed by atoms with Gasteiger partial charge in [0, 0.05) is 0 Å². The Morgan fingerprint density at radius 1 is 1.31 bits per heavy atom. The van der Waals surface area contributed by atoms with E-state index in [1.54, 1.807) is 7.11 Å². The predicted octanol–water partition coefficient (Wildman–Crippen LogP) is 3.04. The van der Waals surface area contributed by atoms with Crippen molar-refractivity contribution in [3.05, 3.63) is 41.5 Å². The molecule has 70 valence electrons. The zero-order valence-corrected chi connectivity index (χ0v) is 8.55. The van der Waals surface area contributed by atoms with E-state index in [2.05, 4.69) is 26.5 Å². The molecule has 1 heteroatoms. The second kappa shape index (κ2) is 4.13. The summed E-state index contributed by atoms with van der Waals surface area (Å²) in [5.74, 6) is 0.963. The average molecular weight is 176 g/mol. The number of allylic oxidation sites excluding steroid dienone is 1. The molecule has 0 fully saturated rings. The Morgan fingerprint density at radius 2 is 2.00 bits per heavy atom. The van der Waals surface area contributed by atoms with Gasteiger partial charge in [-0.3, -0.25) is 0 Å². The molecule has 0 aromatic heterocycles. The first-order valence-corrected chi connectivity index (χ1v) is 4.44.